The zero-order valence-corrected chi connectivity index (χ0v) is 24.1. The Morgan fingerprint density at radius 2 is 1.92 bits per heavy atom. The van der Waals surface area contributed by atoms with Gasteiger partial charge in [0.2, 0.25) is 0 Å². The van der Waals surface area contributed by atoms with E-state index in [4.69, 9.17) is 32.9 Å². The van der Waals surface area contributed by atoms with Gasteiger partial charge in [0.1, 0.15) is 18.2 Å². The monoisotopic (exact) mass is 600 g/mol. The first kappa shape index (κ1) is 27.2. The Labute approximate surface area is 234 Å². The van der Waals surface area contributed by atoms with Crippen LogP contribution in [0.2, 0.25) is 10.0 Å². The maximum atomic E-state index is 13.5. The molecule has 37 heavy (non-hydrogen) atoms. The third-order valence-corrected chi connectivity index (χ3v) is 7.19. The Hall–Kier alpha value is -2.87. The summed E-state index contributed by atoms with van der Waals surface area (Å²) in [6.07, 6.45) is 2.45. The van der Waals surface area contributed by atoms with Crippen LogP contribution >= 0.6 is 39.1 Å². The lowest BCUT2D eigenvalue weighted by molar-refractivity contribution is 0.306. The number of rotatable bonds is 8. The van der Waals surface area contributed by atoms with Gasteiger partial charge in [0.05, 0.1) is 17.1 Å². The molecule has 4 aromatic rings. The van der Waals surface area contributed by atoms with Crippen LogP contribution < -0.4 is 15.2 Å². The zero-order valence-electron chi connectivity index (χ0n) is 21.0. The minimum Gasteiger partial charge on any atom is -0.488 e. The molecule has 6 nitrogen and oxygen atoms in total. The highest BCUT2D eigenvalue weighted by atomic mass is 79.9. The van der Waals surface area contributed by atoms with Crippen LogP contribution in [0.25, 0.3) is 10.9 Å². The number of anilines is 1. The molecular weight excluding hydrogens is 575 g/mol. The fourth-order valence-corrected chi connectivity index (χ4v) is 4.55. The molecule has 0 amide bonds. The third-order valence-electron chi connectivity index (χ3n) is 6.11. The number of nitrogens with zero attached hydrogens (tertiary/aromatic N) is 4. The number of fused-ring (bicyclic) bond motifs is 1. The number of ether oxygens (including phenoxy) is 1. The molecule has 0 spiro atoms. The summed E-state index contributed by atoms with van der Waals surface area (Å²) in [4.78, 5) is 20.2. The molecule has 0 N–H and O–H groups in total. The van der Waals surface area contributed by atoms with Crippen molar-refractivity contribution >= 4 is 61.9 Å². The molecule has 192 valence electrons. The minimum absolute atomic E-state index is 0.0387. The quantitative estimate of drug-likeness (QED) is 0.196. The molecule has 0 saturated heterocycles. The fraction of sp³-hybridized carbons (Fsp3) is 0.250. The first-order valence-corrected chi connectivity index (χ1v) is 13.4. The van der Waals surface area contributed by atoms with Gasteiger partial charge in [-0.1, -0.05) is 59.0 Å². The Balaban J connectivity index is 1.77. The molecule has 0 radical (unpaired) electrons. The summed E-state index contributed by atoms with van der Waals surface area (Å²) in [5, 5.41) is 6.20. The molecule has 0 fully saturated rings. The van der Waals surface area contributed by atoms with Crippen LogP contribution in [0.4, 0.5) is 5.69 Å². The lowest BCUT2D eigenvalue weighted by Gasteiger charge is -2.17. The molecule has 0 bridgehead atoms. The largest absolute Gasteiger partial charge is 0.488 e. The highest BCUT2D eigenvalue weighted by Gasteiger charge is 2.16. The number of hydrogen-bond acceptors (Lipinski definition) is 5. The molecule has 1 atom stereocenters. The maximum absolute atomic E-state index is 13.5. The van der Waals surface area contributed by atoms with Crippen LogP contribution in [0.1, 0.15) is 43.1 Å². The van der Waals surface area contributed by atoms with E-state index in [2.05, 4.69) is 28.0 Å². The van der Waals surface area contributed by atoms with Crippen LogP contribution in [0.15, 0.2) is 69.0 Å². The topological polar surface area (TPSA) is 59.7 Å². The smallest absolute Gasteiger partial charge is 0.282 e. The normalized spacial score (nSPS) is 12.3. The molecule has 0 aliphatic rings. The number of hydrogen-bond donors (Lipinski definition) is 0. The second kappa shape index (κ2) is 11.7. The summed E-state index contributed by atoms with van der Waals surface area (Å²) in [6, 6.07) is 16.6. The van der Waals surface area contributed by atoms with Crippen molar-refractivity contribution in [3.05, 3.63) is 96.4 Å². The van der Waals surface area contributed by atoms with Gasteiger partial charge >= 0.3 is 0 Å². The van der Waals surface area contributed by atoms with Crippen LogP contribution in [0, 0.1) is 0 Å². The predicted molar refractivity (Wildman–Crippen MR) is 157 cm³/mol. The van der Waals surface area contributed by atoms with Gasteiger partial charge in [0.25, 0.3) is 5.56 Å². The van der Waals surface area contributed by atoms with Crippen molar-refractivity contribution in [1.29, 1.82) is 0 Å². The van der Waals surface area contributed by atoms with Gasteiger partial charge in [-0.3, -0.25) is 4.79 Å². The van der Waals surface area contributed by atoms with Crippen LogP contribution in [-0.2, 0) is 6.61 Å². The number of aromatic nitrogens is 2. The average molecular weight is 602 g/mol. The van der Waals surface area contributed by atoms with Gasteiger partial charge in [-0.2, -0.15) is 9.78 Å². The molecule has 4 rings (SSSR count). The molecule has 0 unspecified atom stereocenters. The molecule has 1 aromatic heterocycles. The fourth-order valence-electron chi connectivity index (χ4n) is 3.73. The molecule has 1 heterocycles. The number of benzene rings is 3. The summed E-state index contributed by atoms with van der Waals surface area (Å²) in [5.41, 5.74) is 2.91. The standard InChI is InChI=1S/C28H27BrCl2N4O2/c1-5-17(2)27-33-25-11-8-20(29)12-23(25)28(36)35(27)32-15-18-7-10-22(34(3)4)14-26(18)37-16-19-6-9-21(30)13-24(19)31/h6-15,17H,5,16H2,1-4H3/t17-/m1/s1. The number of halogens is 3. The summed E-state index contributed by atoms with van der Waals surface area (Å²) < 4.78 is 8.38. The van der Waals surface area contributed by atoms with E-state index >= 15 is 0 Å². The van der Waals surface area contributed by atoms with Crippen LogP contribution in [-0.4, -0.2) is 30.0 Å². The average Bonchev–Trinajstić information content (AvgIpc) is 2.87. The van der Waals surface area contributed by atoms with Crippen molar-refractivity contribution in [2.45, 2.75) is 32.8 Å². The molecule has 3 aromatic carbocycles. The first-order chi connectivity index (χ1) is 17.7. The van der Waals surface area contributed by atoms with Gasteiger partial charge in [-0.15, -0.1) is 0 Å². The molecule has 0 saturated carbocycles. The second-order valence-corrected chi connectivity index (χ2v) is 10.7. The van der Waals surface area contributed by atoms with E-state index in [1.54, 1.807) is 24.4 Å². The van der Waals surface area contributed by atoms with Crippen LogP contribution in [0.5, 0.6) is 5.75 Å². The van der Waals surface area contributed by atoms with Gasteiger partial charge < -0.3 is 9.64 Å². The van der Waals surface area contributed by atoms with Gasteiger partial charge in [0, 0.05) is 57.4 Å². The van der Waals surface area contributed by atoms with Crippen molar-refractivity contribution < 1.29 is 4.74 Å². The van der Waals surface area contributed by atoms with Crippen molar-refractivity contribution in [3.63, 3.8) is 0 Å². The molecule has 9 heteroatoms. The van der Waals surface area contributed by atoms with Crippen molar-refractivity contribution in [2.75, 3.05) is 19.0 Å². The maximum Gasteiger partial charge on any atom is 0.282 e. The Morgan fingerprint density at radius 3 is 2.62 bits per heavy atom. The van der Waals surface area contributed by atoms with E-state index in [9.17, 15) is 4.79 Å². The van der Waals surface area contributed by atoms with Crippen molar-refractivity contribution in [2.24, 2.45) is 5.10 Å². The highest BCUT2D eigenvalue weighted by molar-refractivity contribution is 9.10. The van der Waals surface area contributed by atoms with E-state index in [-0.39, 0.29) is 18.1 Å². The molecule has 0 aliphatic carbocycles. The molecule has 0 aliphatic heterocycles. The summed E-state index contributed by atoms with van der Waals surface area (Å²) in [7, 11) is 3.92. The lowest BCUT2D eigenvalue weighted by atomic mass is 10.1. The Morgan fingerprint density at radius 1 is 1.14 bits per heavy atom. The van der Waals surface area contributed by atoms with Gasteiger partial charge in [0.15, 0.2) is 0 Å². The highest BCUT2D eigenvalue weighted by Crippen LogP contribution is 2.28. The predicted octanol–water partition coefficient (Wildman–Crippen LogP) is 7.51. The van der Waals surface area contributed by atoms with Crippen molar-refractivity contribution in [1.82, 2.24) is 9.66 Å². The minimum atomic E-state index is -0.224. The first-order valence-electron chi connectivity index (χ1n) is 11.8. The van der Waals surface area contributed by atoms with Gasteiger partial charge in [-0.05, 0) is 48.9 Å². The van der Waals surface area contributed by atoms with E-state index in [1.165, 1.54) is 4.68 Å². The van der Waals surface area contributed by atoms with Crippen LogP contribution in [0.3, 0.4) is 0 Å². The van der Waals surface area contributed by atoms with E-state index < -0.39 is 0 Å². The van der Waals surface area contributed by atoms with E-state index in [0.29, 0.717) is 38.1 Å². The summed E-state index contributed by atoms with van der Waals surface area (Å²) >= 11 is 15.8. The van der Waals surface area contributed by atoms with E-state index in [0.717, 1.165) is 22.1 Å². The summed E-state index contributed by atoms with van der Waals surface area (Å²) in [6.45, 7) is 4.34. The third kappa shape index (κ3) is 6.17. The molecular formula is C28H27BrCl2N4O2. The SMILES string of the molecule is CC[C@@H](C)c1nc2ccc(Br)cc2c(=O)n1N=Cc1ccc(N(C)C)cc1OCc1ccc(Cl)cc1Cl. The van der Waals surface area contributed by atoms with E-state index in [1.807, 2.05) is 62.3 Å². The Bertz CT molecular complexity index is 1540. The lowest BCUT2D eigenvalue weighted by Crippen LogP contribution is -2.23. The Kier molecular flexibility index (Phi) is 8.57. The zero-order chi connectivity index (χ0) is 26.7. The van der Waals surface area contributed by atoms with Gasteiger partial charge in [-0.25, -0.2) is 4.98 Å². The van der Waals surface area contributed by atoms with Crippen molar-refractivity contribution in [3.8, 4) is 5.75 Å². The second-order valence-electron chi connectivity index (χ2n) is 8.94. The summed E-state index contributed by atoms with van der Waals surface area (Å²) in [5.74, 6) is 1.26.